The van der Waals surface area contributed by atoms with Gasteiger partial charge in [0.15, 0.2) is 11.0 Å². The molecule has 0 bridgehead atoms. The van der Waals surface area contributed by atoms with Crippen LogP contribution in [0.1, 0.15) is 104 Å². The molecule has 4 unspecified atom stereocenters. The highest BCUT2D eigenvalue weighted by molar-refractivity contribution is 7.86. The number of benzene rings is 3. The number of fused-ring (bicyclic) bond motifs is 2. The van der Waals surface area contributed by atoms with Crippen LogP contribution in [-0.4, -0.2) is 99.0 Å². The van der Waals surface area contributed by atoms with E-state index in [1.54, 1.807) is 80.6 Å². The van der Waals surface area contributed by atoms with Gasteiger partial charge in [-0.05, 0) is 94.8 Å². The number of carbonyl (C=O) groups is 5. The molecule has 10 rings (SSSR count). The van der Waals surface area contributed by atoms with Crippen LogP contribution >= 0.6 is 0 Å². The summed E-state index contributed by atoms with van der Waals surface area (Å²) in [6.07, 6.45) is 9.80. The molecular weight excluding hydrogens is 968 g/mol. The van der Waals surface area contributed by atoms with E-state index in [0.717, 1.165) is 48.1 Å². The second-order valence-electron chi connectivity index (χ2n) is 19.1. The van der Waals surface area contributed by atoms with Gasteiger partial charge < -0.3 is 20.7 Å². The van der Waals surface area contributed by atoms with E-state index < -0.39 is 52.4 Å². The van der Waals surface area contributed by atoms with Crippen molar-refractivity contribution in [2.45, 2.75) is 95.2 Å². The van der Waals surface area contributed by atoms with Crippen molar-refractivity contribution in [1.29, 1.82) is 0 Å². The summed E-state index contributed by atoms with van der Waals surface area (Å²) in [5.74, 6) is -4.73. The smallest absolute Gasteiger partial charge is 0.330 e. The van der Waals surface area contributed by atoms with Crippen molar-refractivity contribution in [3.05, 3.63) is 102 Å². The number of anilines is 3. The minimum absolute atomic E-state index is 0.0807. The highest BCUT2D eigenvalue weighted by atomic mass is 32.2. The quantitative estimate of drug-likeness (QED) is 0.0873. The molecule has 3 aliphatic heterocycles. The van der Waals surface area contributed by atoms with Crippen molar-refractivity contribution in [2.75, 3.05) is 29.4 Å². The van der Waals surface area contributed by atoms with Gasteiger partial charge in [-0.15, -0.1) is 0 Å². The van der Waals surface area contributed by atoms with Gasteiger partial charge in [-0.3, -0.25) is 48.3 Å². The van der Waals surface area contributed by atoms with Gasteiger partial charge in [0.05, 0.1) is 40.0 Å². The van der Waals surface area contributed by atoms with E-state index in [1.165, 1.54) is 18.2 Å². The molecule has 3 aromatic heterocycles. The monoisotopic (exact) mass is 1020 g/mol. The average Bonchev–Trinajstić information content (AvgIpc) is 4.04. The average molecular weight is 1020 g/mol. The van der Waals surface area contributed by atoms with Crippen LogP contribution < -0.4 is 25.8 Å². The van der Waals surface area contributed by atoms with Gasteiger partial charge in [-0.1, -0.05) is 30.7 Å². The normalized spacial score (nSPS) is 19.5. The zero-order valence-corrected chi connectivity index (χ0v) is 41.5. The molecular formula is C51H54F3N11O7S. The summed E-state index contributed by atoms with van der Waals surface area (Å²) in [5.41, 5.74) is 11.3. The van der Waals surface area contributed by atoms with Crippen LogP contribution in [0.2, 0.25) is 0 Å². The van der Waals surface area contributed by atoms with E-state index in [4.69, 9.17) is 20.7 Å². The third-order valence-electron chi connectivity index (χ3n) is 14.1. The second-order valence-corrected chi connectivity index (χ2v) is 20.3. The van der Waals surface area contributed by atoms with Gasteiger partial charge in [0.1, 0.15) is 35.2 Å². The summed E-state index contributed by atoms with van der Waals surface area (Å²) < 4.78 is 64.5. The number of nitrogens with zero attached hydrogens (tertiary/aromatic N) is 7. The number of nitrogens with two attached hydrogens (primary N) is 1. The second kappa shape index (κ2) is 20.1. The number of alkyl halides is 2. The van der Waals surface area contributed by atoms with E-state index in [-0.39, 0.29) is 70.5 Å². The number of nitrogens with one attached hydrogen (secondary N) is 3. The van der Waals surface area contributed by atoms with E-state index >= 15 is 0 Å². The lowest BCUT2D eigenvalue weighted by Gasteiger charge is -2.47. The van der Waals surface area contributed by atoms with Gasteiger partial charge in [0, 0.05) is 73.3 Å². The van der Waals surface area contributed by atoms with Gasteiger partial charge in [-0.2, -0.15) is 19.0 Å². The number of ether oxygens (including phenoxy) is 1. The molecule has 382 valence electrons. The van der Waals surface area contributed by atoms with Gasteiger partial charge in [-0.25, -0.2) is 13.6 Å². The molecule has 5 N–H and O–H groups in total. The molecule has 2 saturated heterocycles. The molecule has 3 aromatic carbocycles. The molecule has 4 atom stereocenters. The fourth-order valence-electron chi connectivity index (χ4n) is 10.0. The molecule has 6 heterocycles. The third kappa shape index (κ3) is 9.74. The van der Waals surface area contributed by atoms with E-state index in [0.29, 0.717) is 40.0 Å². The molecule has 22 heteroatoms. The van der Waals surface area contributed by atoms with Crippen LogP contribution in [-0.2, 0) is 32.4 Å². The van der Waals surface area contributed by atoms with Crippen molar-refractivity contribution in [2.24, 2.45) is 13.0 Å². The number of likely N-dealkylation sites (tertiary alicyclic amines) is 1. The molecule has 73 heavy (non-hydrogen) atoms. The maximum atomic E-state index is 13.6. The summed E-state index contributed by atoms with van der Waals surface area (Å²) in [6.45, 7) is 6.68. The van der Waals surface area contributed by atoms with Crippen LogP contribution in [0.25, 0.3) is 33.3 Å². The Bertz CT molecular complexity index is 3190. The Morgan fingerprint density at radius 1 is 0.959 bits per heavy atom. The van der Waals surface area contributed by atoms with Crippen molar-refractivity contribution in [3.8, 4) is 28.1 Å². The molecule has 6 aromatic rings. The molecule has 1 saturated carbocycles. The van der Waals surface area contributed by atoms with Gasteiger partial charge in [0.25, 0.3) is 11.8 Å². The van der Waals surface area contributed by atoms with E-state index in [1.807, 2.05) is 10.9 Å². The van der Waals surface area contributed by atoms with Crippen LogP contribution in [0.4, 0.5) is 30.4 Å². The lowest BCUT2D eigenvalue weighted by molar-refractivity contribution is -0.146. The molecule has 5 amide bonds. The Hall–Kier alpha value is -7.62. The van der Waals surface area contributed by atoms with E-state index in [9.17, 15) is 41.4 Å². The van der Waals surface area contributed by atoms with Crippen LogP contribution in [0, 0.1) is 11.7 Å². The number of halogens is 3. The Labute approximate surface area is 420 Å². The summed E-state index contributed by atoms with van der Waals surface area (Å²) in [4.78, 5) is 68.7. The molecule has 1 aliphatic carbocycles. The number of imide groups is 2. The molecule has 4 aliphatic rings. The minimum atomic E-state index is -3.13. The highest BCUT2D eigenvalue weighted by Gasteiger charge is 2.46. The first kappa shape index (κ1) is 50.3. The topological polar surface area (TPSA) is 229 Å². The number of pyridine rings is 1. The number of rotatable bonds is 12. The number of hydrogen-bond acceptors (Lipinski definition) is 12. The zero-order valence-electron chi connectivity index (χ0n) is 40.7. The van der Waals surface area contributed by atoms with Gasteiger partial charge >= 0.3 is 5.76 Å². The Morgan fingerprint density at radius 3 is 2.38 bits per heavy atom. The van der Waals surface area contributed by atoms with Crippen molar-refractivity contribution in [1.82, 2.24) is 39.7 Å². The predicted molar refractivity (Wildman–Crippen MR) is 267 cm³/mol. The largest absolute Gasteiger partial charge is 0.484 e. The first-order valence-corrected chi connectivity index (χ1v) is 25.1. The number of hydrogen-bond donors (Lipinski definition) is 4. The molecule has 0 spiro atoms. The number of amides is 5. The number of piperidine rings is 2. The third-order valence-corrected chi connectivity index (χ3v) is 14.8. The number of nitrogen functional groups attached to an aromatic ring is 1. The van der Waals surface area contributed by atoms with E-state index in [2.05, 4.69) is 39.1 Å². The van der Waals surface area contributed by atoms with Crippen LogP contribution in [0.5, 0.6) is 5.75 Å². The maximum Gasteiger partial charge on any atom is 0.330 e. The summed E-state index contributed by atoms with van der Waals surface area (Å²) >= 11 is 0. The predicted octanol–water partition coefficient (Wildman–Crippen LogP) is 7.53. The Kier molecular flexibility index (Phi) is 13.9. The summed E-state index contributed by atoms with van der Waals surface area (Å²) in [7, 11) is 0.763. The highest BCUT2D eigenvalue weighted by Crippen LogP contribution is 2.42. The molecule has 0 radical (unpaired) electrons. The van der Waals surface area contributed by atoms with Gasteiger partial charge in [0.2, 0.25) is 17.7 Å². The van der Waals surface area contributed by atoms with Crippen LogP contribution in [0.3, 0.4) is 0 Å². The lowest BCUT2D eigenvalue weighted by Crippen LogP contribution is -2.55. The molecule has 3 fully saturated rings. The van der Waals surface area contributed by atoms with Crippen molar-refractivity contribution >= 4 is 68.6 Å². The van der Waals surface area contributed by atoms with Crippen molar-refractivity contribution < 1.29 is 46.1 Å². The fraction of sp³-hybridized carbons (Fsp3) is 0.373. The fourth-order valence-corrected chi connectivity index (χ4v) is 10.5. The summed E-state index contributed by atoms with van der Waals surface area (Å²) in [5, 5.41) is 15.2. The number of aryl methyl sites for hydroxylation is 1. The zero-order chi connectivity index (χ0) is 52.0. The standard InChI is InChI=1S/C37H41F3N8O3S.C14H13N3O4/c1-21(22-8-11-26(38)12-9-22)51-30-16-24(10-13-29(30)45-52(50)36(39)40)32-31-33(46(4)44-32)28(19-42-34(31)41)25-18-43-48(20-25)27-14-15-47(37(2,3)17-27)35(49)23-6-5-7-23;1-15-8-4-2-3-7-11(8)14(21)17(13(7)20)9-5-6-10(18)16-12(9)19/h8-13,16,18-21,23,27,36,45H,5-7,14-15,17H2,1-4H3,(H2,41,42);2-4,9,15H,5-6H2,1H3,(H,16,18,19). The van der Waals surface area contributed by atoms with Crippen LogP contribution in [0.15, 0.2) is 79.3 Å². The first-order chi connectivity index (χ1) is 34.8. The van der Waals surface area contributed by atoms with Crippen molar-refractivity contribution in [3.63, 3.8) is 0 Å². The number of carbonyl (C=O) groups excluding carboxylic acids is 5. The molecule has 18 nitrogen and oxygen atoms in total. The SMILES string of the molecule is CC(Oc1cc(-c2nn(C)c3c(-c4cnn(C5CCN(C(=O)C6CCC6)C(C)(C)C5)c4)cnc(N)c23)ccc1NS(=O)C(F)F)c1ccc(F)cc1.CNc1cccc2c1C(=O)N(C1CCC(=O)NC1=O)C2=O. The first-order valence-electron chi connectivity index (χ1n) is 23.9. The maximum absolute atomic E-state index is 13.6. The Morgan fingerprint density at radius 2 is 1.71 bits per heavy atom. The summed E-state index contributed by atoms with van der Waals surface area (Å²) in [6, 6.07) is 14.6. The number of aromatic nitrogens is 5. The lowest BCUT2D eigenvalue weighted by atomic mass is 9.80. The Balaban J connectivity index is 0.000000260. The minimum Gasteiger partial charge on any atom is -0.484 e.